The number of benzene rings is 1. The second-order valence-electron chi connectivity index (χ2n) is 3.91. The fourth-order valence-corrected chi connectivity index (χ4v) is 1.49. The van der Waals surface area contributed by atoms with E-state index >= 15 is 0 Å². The summed E-state index contributed by atoms with van der Waals surface area (Å²) in [5.41, 5.74) is 3.47. The minimum absolute atomic E-state index is 1.07. The summed E-state index contributed by atoms with van der Waals surface area (Å²) < 4.78 is 1.84. The Morgan fingerprint density at radius 3 is 1.94 bits per heavy atom. The van der Waals surface area contributed by atoms with Gasteiger partial charge < -0.3 is 0 Å². The first-order chi connectivity index (χ1) is 8.69. The third-order valence-electron chi connectivity index (χ3n) is 2.06. The topological polar surface area (TPSA) is 17.8 Å². The minimum Gasteiger partial charge on any atom is -0.275 e. The molecule has 2 aromatic rings. The van der Waals surface area contributed by atoms with Crippen LogP contribution in [0.25, 0.3) is 11.3 Å². The van der Waals surface area contributed by atoms with Crippen molar-refractivity contribution in [2.24, 2.45) is 7.05 Å². The maximum Gasteiger partial charge on any atom is 0.0952 e. The van der Waals surface area contributed by atoms with Crippen LogP contribution in [0.5, 0.6) is 0 Å². The van der Waals surface area contributed by atoms with Crippen LogP contribution in [0.2, 0.25) is 0 Å². The molecule has 0 spiro atoms. The highest BCUT2D eigenvalue weighted by molar-refractivity contribution is 5.61. The number of hydrogen-bond acceptors (Lipinski definition) is 1. The Labute approximate surface area is 112 Å². The predicted molar refractivity (Wildman–Crippen MR) is 80.7 cm³/mol. The second kappa shape index (κ2) is 9.46. The van der Waals surface area contributed by atoms with Crippen LogP contribution in [0, 0.1) is 6.92 Å². The zero-order valence-corrected chi connectivity index (χ0v) is 12.6. The van der Waals surface area contributed by atoms with Gasteiger partial charge in [-0.3, -0.25) is 4.68 Å². The Balaban J connectivity index is 0.000000509. The van der Waals surface area contributed by atoms with Crippen molar-refractivity contribution in [2.45, 2.75) is 41.0 Å². The van der Waals surface area contributed by atoms with E-state index in [-0.39, 0.29) is 0 Å². The largest absolute Gasteiger partial charge is 0.275 e. The maximum absolute atomic E-state index is 4.40. The van der Waals surface area contributed by atoms with Gasteiger partial charge in [0, 0.05) is 18.8 Å². The zero-order valence-electron chi connectivity index (χ0n) is 12.6. The molecule has 2 rings (SSSR count). The van der Waals surface area contributed by atoms with Crippen LogP contribution in [-0.4, -0.2) is 9.78 Å². The molecule has 0 saturated heterocycles. The second-order valence-corrected chi connectivity index (χ2v) is 3.91. The lowest BCUT2D eigenvalue weighted by atomic mass is 10.1. The van der Waals surface area contributed by atoms with Crippen molar-refractivity contribution in [3.63, 3.8) is 0 Å². The van der Waals surface area contributed by atoms with E-state index in [1.54, 1.807) is 0 Å². The normalized spacial score (nSPS) is 8.78. The van der Waals surface area contributed by atoms with Crippen LogP contribution in [0.4, 0.5) is 0 Å². The Kier molecular flexibility index (Phi) is 8.63. The van der Waals surface area contributed by atoms with Crippen molar-refractivity contribution >= 4 is 0 Å². The number of aromatic nitrogens is 2. The van der Waals surface area contributed by atoms with Gasteiger partial charge >= 0.3 is 0 Å². The summed E-state index contributed by atoms with van der Waals surface area (Å²) in [4.78, 5) is 0. The van der Waals surface area contributed by atoms with Crippen molar-refractivity contribution in [3.8, 4) is 11.3 Å². The molecule has 0 N–H and O–H groups in total. The molecule has 0 unspecified atom stereocenters. The van der Waals surface area contributed by atoms with Crippen molar-refractivity contribution in [1.82, 2.24) is 9.78 Å². The SMILES string of the molecule is CC.CCC.Cc1cn(C)nc1-c1ccccc1. The lowest BCUT2D eigenvalue weighted by Crippen LogP contribution is -1.87. The molecule has 0 radical (unpaired) electrons. The predicted octanol–water partition coefficient (Wildman–Crippen LogP) is 4.84. The number of hydrogen-bond donors (Lipinski definition) is 0. The number of aryl methyl sites for hydroxylation is 2. The van der Waals surface area contributed by atoms with Crippen LogP contribution >= 0.6 is 0 Å². The highest BCUT2D eigenvalue weighted by Gasteiger charge is 2.04. The van der Waals surface area contributed by atoms with Crippen molar-refractivity contribution in [3.05, 3.63) is 42.1 Å². The molecule has 0 fully saturated rings. The lowest BCUT2D eigenvalue weighted by molar-refractivity contribution is 0.770. The first-order valence-electron chi connectivity index (χ1n) is 6.74. The highest BCUT2D eigenvalue weighted by Crippen LogP contribution is 2.19. The Morgan fingerprint density at radius 2 is 1.56 bits per heavy atom. The van der Waals surface area contributed by atoms with E-state index in [9.17, 15) is 0 Å². The van der Waals surface area contributed by atoms with Crippen LogP contribution in [-0.2, 0) is 7.05 Å². The summed E-state index contributed by atoms with van der Waals surface area (Å²) in [6.45, 7) is 10.3. The van der Waals surface area contributed by atoms with Gasteiger partial charge in [-0.25, -0.2) is 0 Å². The maximum atomic E-state index is 4.40. The summed E-state index contributed by atoms with van der Waals surface area (Å²) in [6, 6.07) is 10.2. The molecule has 0 aliphatic rings. The van der Waals surface area contributed by atoms with Gasteiger partial charge in [-0.15, -0.1) is 0 Å². The smallest absolute Gasteiger partial charge is 0.0952 e. The van der Waals surface area contributed by atoms with Gasteiger partial charge in [0.2, 0.25) is 0 Å². The third-order valence-corrected chi connectivity index (χ3v) is 2.06. The average Bonchev–Trinajstić information content (AvgIpc) is 2.73. The first-order valence-corrected chi connectivity index (χ1v) is 6.74. The lowest BCUT2D eigenvalue weighted by Gasteiger charge is -1.96. The molecular weight excluding hydrogens is 220 g/mol. The standard InChI is InChI=1S/C11H12N2.C3H8.C2H6/c1-9-8-13(2)12-11(9)10-6-4-3-5-7-10;1-3-2;1-2/h3-8H,1-2H3;3H2,1-2H3;1-2H3. The van der Waals surface area contributed by atoms with Gasteiger partial charge in [0.05, 0.1) is 5.69 Å². The Hall–Kier alpha value is -1.57. The molecule has 0 saturated carbocycles. The van der Waals surface area contributed by atoms with E-state index < -0.39 is 0 Å². The third kappa shape index (κ3) is 5.17. The van der Waals surface area contributed by atoms with E-state index in [0.717, 1.165) is 5.69 Å². The number of rotatable bonds is 1. The van der Waals surface area contributed by atoms with Gasteiger partial charge in [0.1, 0.15) is 0 Å². The van der Waals surface area contributed by atoms with E-state index in [2.05, 4.69) is 38.0 Å². The van der Waals surface area contributed by atoms with Gasteiger partial charge in [0.15, 0.2) is 0 Å². The molecule has 2 heteroatoms. The molecule has 2 nitrogen and oxygen atoms in total. The quantitative estimate of drug-likeness (QED) is 0.704. The summed E-state index contributed by atoms with van der Waals surface area (Å²) >= 11 is 0. The van der Waals surface area contributed by atoms with E-state index in [0.29, 0.717) is 0 Å². The molecule has 0 amide bonds. The molecule has 18 heavy (non-hydrogen) atoms. The van der Waals surface area contributed by atoms with Crippen LogP contribution in [0.15, 0.2) is 36.5 Å². The van der Waals surface area contributed by atoms with Gasteiger partial charge in [-0.2, -0.15) is 5.10 Å². The van der Waals surface area contributed by atoms with Crippen molar-refractivity contribution in [1.29, 1.82) is 0 Å². The molecule has 0 atom stereocenters. The van der Waals surface area contributed by atoms with Crippen molar-refractivity contribution in [2.75, 3.05) is 0 Å². The zero-order chi connectivity index (χ0) is 14.0. The number of nitrogens with zero attached hydrogens (tertiary/aromatic N) is 2. The van der Waals surface area contributed by atoms with Crippen LogP contribution < -0.4 is 0 Å². The van der Waals surface area contributed by atoms with E-state index in [1.165, 1.54) is 17.5 Å². The summed E-state index contributed by atoms with van der Waals surface area (Å²) in [5.74, 6) is 0. The summed E-state index contributed by atoms with van der Waals surface area (Å²) in [5, 5.41) is 4.40. The Morgan fingerprint density at radius 1 is 1.06 bits per heavy atom. The fraction of sp³-hybridized carbons (Fsp3) is 0.438. The van der Waals surface area contributed by atoms with Gasteiger partial charge in [-0.05, 0) is 12.5 Å². The van der Waals surface area contributed by atoms with Gasteiger partial charge in [0.25, 0.3) is 0 Å². The van der Waals surface area contributed by atoms with E-state index in [4.69, 9.17) is 0 Å². The average molecular weight is 246 g/mol. The highest BCUT2D eigenvalue weighted by atomic mass is 15.2. The Bertz CT molecular complexity index is 416. The van der Waals surface area contributed by atoms with Crippen molar-refractivity contribution < 1.29 is 0 Å². The monoisotopic (exact) mass is 246 g/mol. The molecule has 1 aromatic carbocycles. The molecule has 1 aromatic heterocycles. The first kappa shape index (κ1) is 16.4. The molecule has 0 bridgehead atoms. The molecule has 1 heterocycles. The molecule has 0 aliphatic heterocycles. The minimum atomic E-state index is 1.07. The summed E-state index contributed by atoms with van der Waals surface area (Å²) in [7, 11) is 1.94. The summed E-state index contributed by atoms with van der Waals surface area (Å²) in [6.07, 6.45) is 3.28. The molecular formula is C16H26N2. The molecule has 0 aliphatic carbocycles. The van der Waals surface area contributed by atoms with Crippen LogP contribution in [0.1, 0.15) is 39.7 Å². The van der Waals surface area contributed by atoms with E-state index in [1.807, 2.05) is 50.0 Å². The van der Waals surface area contributed by atoms with Crippen LogP contribution in [0.3, 0.4) is 0 Å². The fourth-order valence-electron chi connectivity index (χ4n) is 1.49. The van der Waals surface area contributed by atoms with Gasteiger partial charge in [-0.1, -0.05) is 64.4 Å². The molecule has 100 valence electrons.